The van der Waals surface area contributed by atoms with Gasteiger partial charge in [-0.3, -0.25) is 0 Å². The second-order valence-electron chi connectivity index (χ2n) is 3.31. The highest BCUT2D eigenvalue weighted by molar-refractivity contribution is 8.13. The van der Waals surface area contributed by atoms with Crippen molar-refractivity contribution in [3.63, 3.8) is 0 Å². The second kappa shape index (κ2) is 7.06. The molecule has 1 aromatic carbocycles. The third-order valence-corrected chi connectivity index (χ3v) is 2.57. The normalized spacial score (nSPS) is 12.9. The predicted octanol–water partition coefficient (Wildman–Crippen LogP) is 2.87. The second-order valence-corrected chi connectivity index (χ2v) is 4.13. The van der Waals surface area contributed by atoms with Crippen molar-refractivity contribution in [3.8, 4) is 0 Å². The van der Waals surface area contributed by atoms with Crippen LogP contribution in [-0.2, 0) is 0 Å². The van der Waals surface area contributed by atoms with Crippen molar-refractivity contribution < 1.29 is 0 Å². The molecule has 0 saturated heterocycles. The van der Waals surface area contributed by atoms with Gasteiger partial charge in [0.05, 0.1) is 5.71 Å². The van der Waals surface area contributed by atoms with Crippen LogP contribution in [0, 0.1) is 0 Å². The summed E-state index contributed by atoms with van der Waals surface area (Å²) >= 11 is 1.40. The number of hydrogen-bond acceptors (Lipinski definition) is 3. The number of thioether (sulfide) groups is 1. The Bertz CT molecular complexity index is 371. The van der Waals surface area contributed by atoms with Gasteiger partial charge in [0.2, 0.25) is 0 Å². The van der Waals surface area contributed by atoms with Crippen molar-refractivity contribution in [2.45, 2.75) is 19.8 Å². The molecule has 0 aliphatic carbocycles. The molecule has 3 nitrogen and oxygen atoms in total. The van der Waals surface area contributed by atoms with Gasteiger partial charge in [0, 0.05) is 0 Å². The van der Waals surface area contributed by atoms with Crippen LogP contribution in [0.3, 0.4) is 0 Å². The average Bonchev–Trinajstić information content (AvgIpc) is 2.35. The van der Waals surface area contributed by atoms with Gasteiger partial charge < -0.3 is 5.73 Å². The van der Waals surface area contributed by atoms with Crippen LogP contribution < -0.4 is 5.73 Å². The van der Waals surface area contributed by atoms with E-state index in [1.54, 1.807) is 0 Å². The maximum Gasteiger partial charge on any atom is 0.180 e. The van der Waals surface area contributed by atoms with Crippen LogP contribution in [0.15, 0.2) is 40.5 Å². The van der Waals surface area contributed by atoms with Gasteiger partial charge in [-0.15, -0.1) is 5.10 Å². The lowest BCUT2D eigenvalue weighted by Gasteiger charge is -2.02. The van der Waals surface area contributed by atoms with E-state index in [0.29, 0.717) is 5.17 Å². The Morgan fingerprint density at radius 3 is 2.50 bits per heavy atom. The van der Waals surface area contributed by atoms with Gasteiger partial charge >= 0.3 is 0 Å². The van der Waals surface area contributed by atoms with Crippen molar-refractivity contribution in [1.82, 2.24) is 0 Å². The van der Waals surface area contributed by atoms with Crippen LogP contribution in [0.4, 0.5) is 0 Å². The standard InChI is InChI=1S/C12H17N3S/c1-3-7-11(14-15-12(13)16-2)10-8-5-4-6-9-10/h4-6,8-9H,3,7H2,1-2H3,(H2,13,15). The number of rotatable bonds is 4. The molecule has 1 rings (SSSR count). The monoisotopic (exact) mass is 235 g/mol. The van der Waals surface area contributed by atoms with Crippen LogP contribution in [0.2, 0.25) is 0 Å². The highest BCUT2D eigenvalue weighted by atomic mass is 32.2. The fourth-order valence-corrected chi connectivity index (χ4v) is 1.39. The molecular formula is C12H17N3S. The summed E-state index contributed by atoms with van der Waals surface area (Å²) < 4.78 is 0. The quantitative estimate of drug-likeness (QED) is 0.495. The molecule has 1 aromatic rings. The summed E-state index contributed by atoms with van der Waals surface area (Å²) in [4.78, 5) is 0. The van der Waals surface area contributed by atoms with E-state index in [0.717, 1.165) is 24.1 Å². The fourth-order valence-electron chi connectivity index (χ4n) is 1.27. The molecule has 0 atom stereocenters. The number of amidine groups is 1. The minimum atomic E-state index is 0.490. The largest absolute Gasteiger partial charge is 0.377 e. The van der Waals surface area contributed by atoms with Gasteiger partial charge in [0.15, 0.2) is 5.17 Å². The lowest BCUT2D eigenvalue weighted by atomic mass is 10.1. The summed E-state index contributed by atoms with van der Waals surface area (Å²) in [6.45, 7) is 2.13. The van der Waals surface area contributed by atoms with Gasteiger partial charge in [-0.05, 0) is 18.2 Å². The van der Waals surface area contributed by atoms with Crippen LogP contribution >= 0.6 is 11.8 Å². The molecule has 0 unspecified atom stereocenters. The maximum absolute atomic E-state index is 5.60. The van der Waals surface area contributed by atoms with Crippen molar-refractivity contribution in [1.29, 1.82) is 0 Å². The van der Waals surface area contributed by atoms with Gasteiger partial charge in [-0.2, -0.15) is 5.10 Å². The molecule has 0 fully saturated rings. The molecule has 0 bridgehead atoms. The lowest BCUT2D eigenvalue weighted by molar-refractivity contribution is 0.982. The van der Waals surface area contributed by atoms with Crippen LogP contribution in [0.1, 0.15) is 25.3 Å². The minimum absolute atomic E-state index is 0.490. The van der Waals surface area contributed by atoms with Crippen molar-refractivity contribution in [3.05, 3.63) is 35.9 Å². The van der Waals surface area contributed by atoms with Crippen LogP contribution in [0.5, 0.6) is 0 Å². The van der Waals surface area contributed by atoms with Gasteiger partial charge in [-0.1, -0.05) is 55.4 Å². The van der Waals surface area contributed by atoms with Crippen LogP contribution in [0.25, 0.3) is 0 Å². The van der Waals surface area contributed by atoms with E-state index >= 15 is 0 Å². The third-order valence-electron chi connectivity index (χ3n) is 2.07. The molecule has 0 amide bonds. The summed E-state index contributed by atoms with van der Waals surface area (Å²) in [7, 11) is 0. The summed E-state index contributed by atoms with van der Waals surface area (Å²) in [6, 6.07) is 10.1. The number of nitrogens with zero attached hydrogens (tertiary/aromatic N) is 2. The molecular weight excluding hydrogens is 218 g/mol. The van der Waals surface area contributed by atoms with Gasteiger partial charge in [-0.25, -0.2) is 0 Å². The maximum atomic E-state index is 5.60. The Balaban J connectivity index is 2.91. The van der Waals surface area contributed by atoms with E-state index in [4.69, 9.17) is 5.73 Å². The van der Waals surface area contributed by atoms with Gasteiger partial charge in [0.1, 0.15) is 0 Å². The molecule has 4 heteroatoms. The zero-order valence-corrected chi connectivity index (χ0v) is 10.5. The zero-order valence-electron chi connectivity index (χ0n) is 9.68. The molecule has 0 aromatic heterocycles. The SMILES string of the molecule is CCCC(=N/N=C(\N)SC)c1ccccc1. The number of nitrogens with two attached hydrogens (primary N) is 1. The molecule has 0 radical (unpaired) electrons. The highest BCUT2D eigenvalue weighted by Crippen LogP contribution is 2.07. The minimum Gasteiger partial charge on any atom is -0.377 e. The molecule has 2 N–H and O–H groups in total. The topological polar surface area (TPSA) is 50.7 Å². The summed E-state index contributed by atoms with van der Waals surface area (Å²) in [5, 5.41) is 8.69. The molecule has 16 heavy (non-hydrogen) atoms. The molecule has 0 aliphatic heterocycles. The number of hydrogen-bond donors (Lipinski definition) is 1. The Morgan fingerprint density at radius 2 is 1.94 bits per heavy atom. The smallest absolute Gasteiger partial charge is 0.180 e. The molecule has 0 saturated carbocycles. The first-order chi connectivity index (χ1) is 7.77. The molecule has 0 spiro atoms. The van der Waals surface area contributed by atoms with E-state index in [1.165, 1.54) is 11.8 Å². The summed E-state index contributed by atoms with van der Waals surface area (Å²) in [5.74, 6) is 0. The third kappa shape index (κ3) is 4.06. The van der Waals surface area contributed by atoms with Crippen LogP contribution in [-0.4, -0.2) is 17.1 Å². The first kappa shape index (κ1) is 12.8. The van der Waals surface area contributed by atoms with E-state index in [2.05, 4.69) is 17.1 Å². The highest BCUT2D eigenvalue weighted by Gasteiger charge is 2.01. The Kier molecular flexibility index (Phi) is 5.64. The van der Waals surface area contributed by atoms with E-state index < -0.39 is 0 Å². The fraction of sp³-hybridized carbons (Fsp3) is 0.333. The Hall–Kier alpha value is -1.29. The predicted molar refractivity (Wildman–Crippen MR) is 73.0 cm³/mol. The molecule has 86 valence electrons. The van der Waals surface area contributed by atoms with Crippen molar-refractivity contribution >= 4 is 22.6 Å². The average molecular weight is 235 g/mol. The first-order valence-corrected chi connectivity index (χ1v) is 6.49. The van der Waals surface area contributed by atoms with Gasteiger partial charge in [0.25, 0.3) is 0 Å². The van der Waals surface area contributed by atoms with E-state index in [9.17, 15) is 0 Å². The Morgan fingerprint density at radius 1 is 1.25 bits per heavy atom. The molecule has 0 aliphatic rings. The lowest BCUT2D eigenvalue weighted by Crippen LogP contribution is -2.06. The number of benzene rings is 1. The summed E-state index contributed by atoms with van der Waals surface area (Å²) in [6.07, 6.45) is 3.84. The zero-order chi connectivity index (χ0) is 11.8. The summed E-state index contributed by atoms with van der Waals surface area (Å²) in [5.41, 5.74) is 7.70. The first-order valence-electron chi connectivity index (χ1n) is 5.27. The Labute approximate surface area is 101 Å². The van der Waals surface area contributed by atoms with Crippen molar-refractivity contribution in [2.24, 2.45) is 15.9 Å². The van der Waals surface area contributed by atoms with E-state index in [-0.39, 0.29) is 0 Å². The van der Waals surface area contributed by atoms with Crippen molar-refractivity contribution in [2.75, 3.05) is 6.26 Å². The molecule has 0 heterocycles. The van der Waals surface area contributed by atoms with E-state index in [1.807, 2.05) is 36.6 Å².